The van der Waals surface area contributed by atoms with Gasteiger partial charge in [0.2, 0.25) is 0 Å². The minimum absolute atomic E-state index is 0.0778. The number of ether oxygens (including phenoxy) is 1. The van der Waals surface area contributed by atoms with Gasteiger partial charge in [-0.25, -0.2) is 0 Å². The average molecular weight is 287 g/mol. The van der Waals surface area contributed by atoms with E-state index in [-0.39, 0.29) is 5.60 Å². The summed E-state index contributed by atoms with van der Waals surface area (Å²) in [5.41, 5.74) is 2.29. The van der Waals surface area contributed by atoms with E-state index in [9.17, 15) is 0 Å². The maximum Gasteiger partial charge on any atom is 0.134 e. The molecule has 1 unspecified atom stereocenters. The van der Waals surface area contributed by atoms with Crippen LogP contribution < -0.4 is 5.32 Å². The monoisotopic (exact) mass is 287 g/mol. The van der Waals surface area contributed by atoms with Crippen LogP contribution in [0.4, 0.5) is 0 Å². The highest BCUT2D eigenvalue weighted by molar-refractivity contribution is 5.80. The molecule has 1 atom stereocenters. The second-order valence-corrected chi connectivity index (χ2v) is 6.07. The first-order chi connectivity index (χ1) is 10.3. The van der Waals surface area contributed by atoms with Crippen LogP contribution in [0.1, 0.15) is 45.1 Å². The minimum Gasteiger partial charge on any atom is -0.464 e. The molecule has 1 aliphatic rings. The Kier molecular flexibility index (Phi) is 4.32. The molecule has 2 aromatic rings. The summed E-state index contributed by atoms with van der Waals surface area (Å²) in [7, 11) is 0. The number of hydrogen-bond donors (Lipinski definition) is 1. The number of benzene rings is 1. The normalized spacial score (nSPS) is 21.7. The predicted molar refractivity (Wildman–Crippen MR) is 85.3 cm³/mol. The van der Waals surface area contributed by atoms with Gasteiger partial charge in [-0.15, -0.1) is 0 Å². The highest BCUT2D eigenvalue weighted by atomic mass is 16.5. The van der Waals surface area contributed by atoms with E-state index in [1.807, 2.05) is 18.4 Å². The Balaban J connectivity index is 1.65. The lowest BCUT2D eigenvalue weighted by Gasteiger charge is -2.40. The first kappa shape index (κ1) is 14.6. The van der Waals surface area contributed by atoms with Crippen LogP contribution in [0.25, 0.3) is 11.0 Å². The lowest BCUT2D eigenvalue weighted by atomic mass is 9.86. The number of fused-ring (bicyclic) bond motifs is 1. The van der Waals surface area contributed by atoms with Crippen molar-refractivity contribution in [2.75, 3.05) is 6.61 Å². The second kappa shape index (κ2) is 6.20. The largest absolute Gasteiger partial charge is 0.464 e. The SMILES string of the molecule is CCC1(CC)CC(NCc2coc3ccccc23)CCO1. The van der Waals surface area contributed by atoms with Crippen LogP contribution in [-0.4, -0.2) is 18.2 Å². The number of furan rings is 1. The van der Waals surface area contributed by atoms with E-state index in [4.69, 9.17) is 9.15 Å². The van der Waals surface area contributed by atoms with Crippen LogP contribution >= 0.6 is 0 Å². The molecule has 3 heteroatoms. The molecule has 0 amide bonds. The van der Waals surface area contributed by atoms with Gasteiger partial charge in [0, 0.05) is 30.1 Å². The van der Waals surface area contributed by atoms with Crippen LogP contribution in [-0.2, 0) is 11.3 Å². The maximum absolute atomic E-state index is 6.04. The Hall–Kier alpha value is -1.32. The highest BCUT2D eigenvalue weighted by Crippen LogP contribution is 2.31. The maximum atomic E-state index is 6.04. The van der Waals surface area contributed by atoms with E-state index in [1.54, 1.807) is 0 Å². The quantitative estimate of drug-likeness (QED) is 0.892. The first-order valence-electron chi connectivity index (χ1n) is 8.09. The van der Waals surface area contributed by atoms with Gasteiger partial charge in [-0.2, -0.15) is 0 Å². The minimum atomic E-state index is 0.0778. The fourth-order valence-electron chi connectivity index (χ4n) is 3.37. The molecule has 114 valence electrons. The Morgan fingerprint density at radius 3 is 2.86 bits per heavy atom. The molecule has 0 spiro atoms. The second-order valence-electron chi connectivity index (χ2n) is 6.07. The zero-order valence-corrected chi connectivity index (χ0v) is 13.0. The Morgan fingerprint density at radius 2 is 2.05 bits per heavy atom. The molecule has 3 nitrogen and oxygen atoms in total. The van der Waals surface area contributed by atoms with Crippen molar-refractivity contribution in [3.05, 3.63) is 36.1 Å². The summed E-state index contributed by atoms with van der Waals surface area (Å²) >= 11 is 0. The summed E-state index contributed by atoms with van der Waals surface area (Å²) in [6, 6.07) is 8.76. The molecule has 3 rings (SSSR count). The van der Waals surface area contributed by atoms with Crippen molar-refractivity contribution in [3.63, 3.8) is 0 Å². The van der Waals surface area contributed by atoms with Gasteiger partial charge in [0.15, 0.2) is 0 Å². The molecule has 1 N–H and O–H groups in total. The van der Waals surface area contributed by atoms with E-state index in [2.05, 4.69) is 31.3 Å². The lowest BCUT2D eigenvalue weighted by Crippen LogP contribution is -2.46. The van der Waals surface area contributed by atoms with Crippen molar-refractivity contribution in [3.8, 4) is 0 Å². The Bertz CT molecular complexity index is 586. The number of para-hydroxylation sites is 1. The number of nitrogens with one attached hydrogen (secondary N) is 1. The summed E-state index contributed by atoms with van der Waals surface area (Å²) in [5, 5.41) is 4.92. The van der Waals surface area contributed by atoms with Crippen molar-refractivity contribution in [1.29, 1.82) is 0 Å². The molecule has 21 heavy (non-hydrogen) atoms. The van der Waals surface area contributed by atoms with E-state index < -0.39 is 0 Å². The third kappa shape index (κ3) is 2.99. The van der Waals surface area contributed by atoms with Gasteiger partial charge in [0.05, 0.1) is 11.9 Å². The van der Waals surface area contributed by atoms with E-state index in [1.165, 1.54) is 10.9 Å². The van der Waals surface area contributed by atoms with Crippen LogP contribution in [0.15, 0.2) is 34.9 Å². The van der Waals surface area contributed by atoms with Gasteiger partial charge >= 0.3 is 0 Å². The summed E-state index contributed by atoms with van der Waals surface area (Å²) in [4.78, 5) is 0. The van der Waals surface area contributed by atoms with Crippen molar-refractivity contribution in [1.82, 2.24) is 5.32 Å². The van der Waals surface area contributed by atoms with Crippen LogP contribution in [0, 0.1) is 0 Å². The average Bonchev–Trinajstić information content (AvgIpc) is 2.96. The van der Waals surface area contributed by atoms with Gasteiger partial charge in [0.25, 0.3) is 0 Å². The smallest absolute Gasteiger partial charge is 0.134 e. The van der Waals surface area contributed by atoms with Crippen molar-refractivity contribution < 1.29 is 9.15 Å². The summed E-state index contributed by atoms with van der Waals surface area (Å²) in [6.07, 6.45) is 6.27. The lowest BCUT2D eigenvalue weighted by molar-refractivity contribution is -0.0932. The number of rotatable bonds is 5. The van der Waals surface area contributed by atoms with Gasteiger partial charge in [-0.05, 0) is 31.7 Å². The van der Waals surface area contributed by atoms with Crippen LogP contribution in [0.2, 0.25) is 0 Å². The number of hydrogen-bond acceptors (Lipinski definition) is 3. The first-order valence-corrected chi connectivity index (χ1v) is 8.09. The zero-order valence-electron chi connectivity index (χ0n) is 13.0. The molecular formula is C18H25NO2. The van der Waals surface area contributed by atoms with Gasteiger partial charge < -0.3 is 14.5 Å². The fraction of sp³-hybridized carbons (Fsp3) is 0.556. The topological polar surface area (TPSA) is 34.4 Å². The molecular weight excluding hydrogens is 262 g/mol. The molecule has 0 saturated carbocycles. The third-order valence-corrected chi connectivity index (χ3v) is 4.92. The van der Waals surface area contributed by atoms with E-state index >= 15 is 0 Å². The van der Waals surface area contributed by atoms with Crippen molar-refractivity contribution in [2.45, 2.75) is 57.7 Å². The summed E-state index contributed by atoms with van der Waals surface area (Å²) in [6.45, 7) is 6.20. The standard InChI is InChI=1S/C18H25NO2/c1-3-18(4-2)11-15(9-10-21-18)19-12-14-13-20-17-8-6-5-7-16(14)17/h5-8,13,15,19H,3-4,9-12H2,1-2H3. The van der Waals surface area contributed by atoms with Crippen molar-refractivity contribution >= 4 is 11.0 Å². The molecule has 0 bridgehead atoms. The zero-order chi connectivity index (χ0) is 14.7. The molecule has 2 heterocycles. The molecule has 1 fully saturated rings. The summed E-state index contributed by atoms with van der Waals surface area (Å²) < 4.78 is 11.7. The predicted octanol–water partition coefficient (Wildman–Crippen LogP) is 4.26. The van der Waals surface area contributed by atoms with Crippen LogP contribution in [0.3, 0.4) is 0 Å². The highest BCUT2D eigenvalue weighted by Gasteiger charge is 2.34. The molecule has 1 aliphatic heterocycles. The van der Waals surface area contributed by atoms with E-state index in [0.717, 1.165) is 44.4 Å². The summed E-state index contributed by atoms with van der Waals surface area (Å²) in [5.74, 6) is 0. The molecule has 0 radical (unpaired) electrons. The fourth-order valence-corrected chi connectivity index (χ4v) is 3.37. The molecule has 1 aromatic carbocycles. The molecule has 1 aromatic heterocycles. The Labute approximate surface area is 126 Å². The van der Waals surface area contributed by atoms with Crippen molar-refractivity contribution in [2.24, 2.45) is 0 Å². The van der Waals surface area contributed by atoms with Crippen LogP contribution in [0.5, 0.6) is 0 Å². The van der Waals surface area contributed by atoms with Gasteiger partial charge in [-0.1, -0.05) is 32.0 Å². The third-order valence-electron chi connectivity index (χ3n) is 4.92. The molecule has 1 saturated heterocycles. The molecule has 0 aliphatic carbocycles. The van der Waals surface area contributed by atoms with Gasteiger partial charge in [-0.3, -0.25) is 0 Å². The van der Waals surface area contributed by atoms with Gasteiger partial charge in [0.1, 0.15) is 5.58 Å². The van der Waals surface area contributed by atoms with E-state index in [0.29, 0.717) is 6.04 Å². The Morgan fingerprint density at radius 1 is 1.24 bits per heavy atom.